The molecular formula is C16H12ClN5O3. The quantitative estimate of drug-likeness (QED) is 0.558. The predicted molar refractivity (Wildman–Crippen MR) is 91.6 cm³/mol. The first kappa shape index (κ1) is 16.6. The van der Waals surface area contributed by atoms with Crippen LogP contribution in [0.15, 0.2) is 55.1 Å². The topological polar surface area (TPSA) is 103 Å². The smallest absolute Gasteiger partial charge is 0.287 e. The summed E-state index contributed by atoms with van der Waals surface area (Å²) >= 11 is 5.82. The minimum Gasteiger partial charge on any atom is -0.322 e. The molecule has 3 rings (SSSR count). The fourth-order valence-corrected chi connectivity index (χ4v) is 2.44. The van der Waals surface area contributed by atoms with Crippen molar-refractivity contribution >= 4 is 28.9 Å². The second kappa shape index (κ2) is 7.10. The van der Waals surface area contributed by atoms with Crippen molar-refractivity contribution in [2.45, 2.75) is 6.54 Å². The zero-order valence-electron chi connectivity index (χ0n) is 12.8. The fourth-order valence-electron chi connectivity index (χ4n) is 2.19. The molecule has 0 aliphatic heterocycles. The van der Waals surface area contributed by atoms with Gasteiger partial charge in [-0.2, -0.15) is 5.10 Å². The molecule has 2 aromatic carbocycles. The maximum Gasteiger partial charge on any atom is 0.287 e. The van der Waals surface area contributed by atoms with Crippen LogP contribution in [0.1, 0.15) is 15.9 Å². The van der Waals surface area contributed by atoms with E-state index in [9.17, 15) is 14.9 Å². The van der Waals surface area contributed by atoms with Crippen LogP contribution in [-0.2, 0) is 6.54 Å². The number of nitro benzene ring substituents is 1. The van der Waals surface area contributed by atoms with Crippen LogP contribution in [0.4, 0.5) is 11.4 Å². The molecule has 8 nitrogen and oxygen atoms in total. The third kappa shape index (κ3) is 3.99. The highest BCUT2D eigenvalue weighted by atomic mass is 35.5. The van der Waals surface area contributed by atoms with Gasteiger partial charge in [0.1, 0.15) is 17.7 Å². The number of nitro groups is 1. The van der Waals surface area contributed by atoms with Gasteiger partial charge in [-0.15, -0.1) is 0 Å². The minimum absolute atomic E-state index is 0.0826. The molecule has 0 unspecified atom stereocenters. The lowest BCUT2D eigenvalue weighted by molar-refractivity contribution is -0.384. The zero-order valence-corrected chi connectivity index (χ0v) is 13.6. The van der Waals surface area contributed by atoms with Crippen LogP contribution < -0.4 is 5.32 Å². The molecule has 0 aliphatic rings. The van der Waals surface area contributed by atoms with Gasteiger partial charge in [0.05, 0.1) is 11.5 Å². The number of benzene rings is 2. The van der Waals surface area contributed by atoms with E-state index in [0.29, 0.717) is 12.2 Å². The molecule has 0 fully saturated rings. The van der Waals surface area contributed by atoms with Crippen molar-refractivity contribution < 1.29 is 9.72 Å². The van der Waals surface area contributed by atoms with E-state index in [-0.39, 0.29) is 16.3 Å². The zero-order chi connectivity index (χ0) is 17.8. The number of carbonyl (C=O) groups is 1. The SMILES string of the molecule is O=C(Nc1ccc(Cn2cncn2)cc1)c1ccc([N+](=O)[O-])c(Cl)c1. The summed E-state index contributed by atoms with van der Waals surface area (Å²) in [6.45, 7) is 0.576. The summed E-state index contributed by atoms with van der Waals surface area (Å²) in [6.07, 6.45) is 3.08. The van der Waals surface area contributed by atoms with Gasteiger partial charge in [-0.3, -0.25) is 14.9 Å². The van der Waals surface area contributed by atoms with Crippen molar-refractivity contribution in [2.75, 3.05) is 5.32 Å². The fraction of sp³-hybridized carbons (Fsp3) is 0.0625. The maximum atomic E-state index is 12.2. The van der Waals surface area contributed by atoms with Gasteiger partial charge in [0.2, 0.25) is 0 Å². The third-order valence-corrected chi connectivity index (χ3v) is 3.73. The molecule has 1 N–H and O–H groups in total. The summed E-state index contributed by atoms with van der Waals surface area (Å²) in [7, 11) is 0. The van der Waals surface area contributed by atoms with Gasteiger partial charge in [0, 0.05) is 17.3 Å². The number of nitrogens with one attached hydrogen (secondary N) is 1. The summed E-state index contributed by atoms with van der Waals surface area (Å²) in [5, 5.41) is 17.4. The lowest BCUT2D eigenvalue weighted by Crippen LogP contribution is -2.12. The molecule has 25 heavy (non-hydrogen) atoms. The first-order valence-electron chi connectivity index (χ1n) is 7.19. The number of aromatic nitrogens is 3. The molecule has 1 heterocycles. The molecule has 0 saturated heterocycles. The van der Waals surface area contributed by atoms with E-state index in [4.69, 9.17) is 11.6 Å². The molecule has 0 saturated carbocycles. The Bertz CT molecular complexity index is 910. The number of halogens is 1. The van der Waals surface area contributed by atoms with E-state index < -0.39 is 10.8 Å². The van der Waals surface area contributed by atoms with E-state index in [0.717, 1.165) is 5.56 Å². The molecular weight excluding hydrogens is 346 g/mol. The molecule has 0 aliphatic carbocycles. The monoisotopic (exact) mass is 357 g/mol. The lowest BCUT2D eigenvalue weighted by Gasteiger charge is -2.07. The van der Waals surface area contributed by atoms with Crippen molar-refractivity contribution in [3.8, 4) is 0 Å². The van der Waals surface area contributed by atoms with Crippen molar-refractivity contribution in [3.63, 3.8) is 0 Å². The number of nitrogens with zero attached hydrogens (tertiary/aromatic N) is 4. The highest BCUT2D eigenvalue weighted by molar-refractivity contribution is 6.33. The number of hydrogen-bond acceptors (Lipinski definition) is 5. The van der Waals surface area contributed by atoms with Gasteiger partial charge < -0.3 is 5.32 Å². The minimum atomic E-state index is -0.599. The Kier molecular flexibility index (Phi) is 4.71. The largest absolute Gasteiger partial charge is 0.322 e. The Balaban J connectivity index is 1.68. The van der Waals surface area contributed by atoms with Crippen LogP contribution in [0.5, 0.6) is 0 Å². The lowest BCUT2D eigenvalue weighted by atomic mass is 10.1. The van der Waals surface area contributed by atoms with Gasteiger partial charge in [0.25, 0.3) is 11.6 Å². The van der Waals surface area contributed by atoms with Crippen molar-refractivity contribution in [1.82, 2.24) is 14.8 Å². The summed E-state index contributed by atoms with van der Waals surface area (Å²) in [5.41, 5.74) is 1.60. The van der Waals surface area contributed by atoms with Crippen LogP contribution in [0.2, 0.25) is 5.02 Å². The standard InChI is InChI=1S/C16H12ClN5O3/c17-14-7-12(3-6-15(14)22(24)25)16(23)20-13-4-1-11(2-5-13)8-21-10-18-9-19-21/h1-7,9-10H,8H2,(H,20,23). The Morgan fingerprint density at radius 1 is 1.24 bits per heavy atom. The van der Waals surface area contributed by atoms with Crippen LogP contribution in [-0.4, -0.2) is 25.6 Å². The Hall–Kier alpha value is -3.26. The van der Waals surface area contributed by atoms with Crippen LogP contribution in [0, 0.1) is 10.1 Å². The highest BCUT2D eigenvalue weighted by Gasteiger charge is 2.15. The van der Waals surface area contributed by atoms with Gasteiger partial charge in [0.15, 0.2) is 0 Å². The third-order valence-electron chi connectivity index (χ3n) is 3.43. The maximum absolute atomic E-state index is 12.2. The number of rotatable bonds is 5. The van der Waals surface area contributed by atoms with Gasteiger partial charge in [-0.25, -0.2) is 9.67 Å². The van der Waals surface area contributed by atoms with Crippen LogP contribution >= 0.6 is 11.6 Å². The van der Waals surface area contributed by atoms with E-state index in [2.05, 4.69) is 15.4 Å². The van der Waals surface area contributed by atoms with Crippen molar-refractivity contribution in [1.29, 1.82) is 0 Å². The average Bonchev–Trinajstić information content (AvgIpc) is 3.09. The number of hydrogen-bond donors (Lipinski definition) is 1. The first-order chi connectivity index (χ1) is 12.0. The van der Waals surface area contributed by atoms with Gasteiger partial charge >= 0.3 is 0 Å². The predicted octanol–water partition coefficient (Wildman–Crippen LogP) is 3.14. The number of anilines is 1. The second-order valence-corrected chi connectivity index (χ2v) is 5.57. The number of carbonyl (C=O) groups excluding carboxylic acids is 1. The molecule has 0 radical (unpaired) electrons. The van der Waals surface area contributed by atoms with E-state index in [1.807, 2.05) is 12.1 Å². The molecule has 3 aromatic rings. The highest BCUT2D eigenvalue weighted by Crippen LogP contribution is 2.25. The van der Waals surface area contributed by atoms with E-state index in [1.54, 1.807) is 23.1 Å². The summed E-state index contributed by atoms with van der Waals surface area (Å²) in [4.78, 5) is 26.3. The van der Waals surface area contributed by atoms with Crippen molar-refractivity contribution in [3.05, 3.63) is 81.4 Å². The first-order valence-corrected chi connectivity index (χ1v) is 7.57. The van der Waals surface area contributed by atoms with Crippen molar-refractivity contribution in [2.24, 2.45) is 0 Å². The van der Waals surface area contributed by atoms with Crippen LogP contribution in [0.3, 0.4) is 0 Å². The molecule has 0 atom stereocenters. The average molecular weight is 358 g/mol. The van der Waals surface area contributed by atoms with Crippen LogP contribution in [0.25, 0.3) is 0 Å². The van der Waals surface area contributed by atoms with E-state index in [1.165, 1.54) is 24.5 Å². The van der Waals surface area contributed by atoms with Gasteiger partial charge in [-0.1, -0.05) is 23.7 Å². The second-order valence-electron chi connectivity index (χ2n) is 5.17. The summed E-state index contributed by atoms with van der Waals surface area (Å²) in [5.74, 6) is -0.402. The molecule has 0 spiro atoms. The molecule has 0 bridgehead atoms. The van der Waals surface area contributed by atoms with E-state index >= 15 is 0 Å². The Labute approximate surface area is 147 Å². The molecule has 126 valence electrons. The Morgan fingerprint density at radius 3 is 2.60 bits per heavy atom. The molecule has 9 heteroatoms. The summed E-state index contributed by atoms with van der Waals surface area (Å²) in [6, 6.07) is 11.1. The normalized spacial score (nSPS) is 10.4. The molecule has 1 aromatic heterocycles. The van der Waals surface area contributed by atoms with Gasteiger partial charge in [-0.05, 0) is 29.8 Å². The number of amides is 1. The summed E-state index contributed by atoms with van der Waals surface area (Å²) < 4.78 is 1.69. The molecule has 1 amide bonds. The Morgan fingerprint density at radius 2 is 2.00 bits per heavy atom.